The van der Waals surface area contributed by atoms with E-state index in [2.05, 4.69) is 30.5 Å². The van der Waals surface area contributed by atoms with Crippen molar-refractivity contribution in [3.8, 4) is 0 Å². The predicted molar refractivity (Wildman–Crippen MR) is 75.0 cm³/mol. The first-order valence-electron chi connectivity index (χ1n) is 6.53. The van der Waals surface area contributed by atoms with E-state index in [1.54, 1.807) is 11.3 Å². The van der Waals surface area contributed by atoms with Gasteiger partial charge in [0.15, 0.2) is 0 Å². The second-order valence-corrected chi connectivity index (χ2v) is 5.95. The van der Waals surface area contributed by atoms with Crippen molar-refractivity contribution in [1.29, 1.82) is 0 Å². The number of hydrogen-bond acceptors (Lipinski definition) is 3. The normalized spacial score (nSPS) is 28.7. The molecule has 96 valence electrons. The fraction of sp³-hybridized carbons (Fsp3) is 0.467. The van der Waals surface area contributed by atoms with E-state index in [0.29, 0.717) is 19.4 Å². The Bertz CT molecular complexity index is 548. The van der Waals surface area contributed by atoms with Gasteiger partial charge >= 0.3 is 0 Å². The second kappa shape index (κ2) is 4.65. The molecule has 3 heteroatoms. The largest absolute Gasteiger partial charge is 0.385 e. The minimum Gasteiger partial charge on any atom is -0.385 e. The summed E-state index contributed by atoms with van der Waals surface area (Å²) in [5, 5.41) is 14.3. The first kappa shape index (κ1) is 12.2. The molecule has 1 aliphatic rings. The summed E-state index contributed by atoms with van der Waals surface area (Å²) in [5.74, 6) is 0. The number of benzene rings is 1. The zero-order valence-electron chi connectivity index (χ0n) is 10.6. The highest BCUT2D eigenvalue weighted by Crippen LogP contribution is 2.40. The van der Waals surface area contributed by atoms with E-state index >= 15 is 0 Å². The third-order valence-electron chi connectivity index (χ3n) is 3.87. The molecule has 2 unspecified atom stereocenters. The summed E-state index contributed by atoms with van der Waals surface area (Å²) in [6.07, 6.45) is 2.54. The topological polar surface area (TPSA) is 29.5 Å². The number of rotatable bonds is 2. The summed E-state index contributed by atoms with van der Waals surface area (Å²) >= 11 is 1.71. The Morgan fingerprint density at radius 1 is 1.44 bits per heavy atom. The van der Waals surface area contributed by atoms with Crippen LogP contribution >= 0.6 is 11.3 Å². The van der Waals surface area contributed by atoms with Crippen LogP contribution in [-0.4, -0.2) is 17.8 Å². The Morgan fingerprint density at radius 3 is 3.17 bits per heavy atom. The minimum atomic E-state index is -0.719. The van der Waals surface area contributed by atoms with Crippen LogP contribution in [0.2, 0.25) is 0 Å². The molecule has 0 aliphatic carbocycles. The van der Waals surface area contributed by atoms with Crippen LogP contribution in [0.15, 0.2) is 29.6 Å². The Balaban J connectivity index is 2.04. The summed E-state index contributed by atoms with van der Waals surface area (Å²) in [7, 11) is 0. The zero-order valence-corrected chi connectivity index (χ0v) is 11.4. The lowest BCUT2D eigenvalue weighted by molar-refractivity contribution is -0.107. The molecule has 0 amide bonds. The van der Waals surface area contributed by atoms with Gasteiger partial charge in [0.2, 0.25) is 0 Å². The maximum Gasteiger partial charge on any atom is 0.0957 e. The van der Waals surface area contributed by atoms with E-state index in [1.165, 1.54) is 10.1 Å². The molecule has 1 aromatic carbocycles. The minimum absolute atomic E-state index is 0.180. The third kappa shape index (κ3) is 1.96. The molecule has 2 heterocycles. The zero-order chi connectivity index (χ0) is 12.6. The number of thiophene rings is 1. The van der Waals surface area contributed by atoms with E-state index in [9.17, 15) is 5.11 Å². The maximum atomic E-state index is 11.0. The van der Waals surface area contributed by atoms with E-state index in [-0.39, 0.29) is 6.10 Å². The van der Waals surface area contributed by atoms with Crippen molar-refractivity contribution in [3.05, 3.63) is 35.2 Å². The molecule has 2 nitrogen and oxygen atoms in total. The molecule has 3 rings (SSSR count). The van der Waals surface area contributed by atoms with Gasteiger partial charge in [0, 0.05) is 23.1 Å². The van der Waals surface area contributed by atoms with Crippen LogP contribution in [0.4, 0.5) is 0 Å². The molecule has 2 atom stereocenters. The van der Waals surface area contributed by atoms with Gasteiger partial charge in [-0.1, -0.05) is 25.1 Å². The number of hydrogen-bond donors (Lipinski definition) is 1. The highest BCUT2D eigenvalue weighted by molar-refractivity contribution is 7.17. The Kier molecular flexibility index (Phi) is 3.14. The summed E-state index contributed by atoms with van der Waals surface area (Å²) in [6, 6.07) is 8.33. The first-order valence-corrected chi connectivity index (χ1v) is 7.41. The number of aliphatic hydroxyl groups is 1. The van der Waals surface area contributed by atoms with Gasteiger partial charge in [-0.25, -0.2) is 0 Å². The smallest absolute Gasteiger partial charge is 0.0957 e. The van der Waals surface area contributed by atoms with Crippen LogP contribution in [0, 0.1) is 0 Å². The fourth-order valence-corrected chi connectivity index (χ4v) is 3.81. The van der Waals surface area contributed by atoms with Gasteiger partial charge in [-0.3, -0.25) is 0 Å². The quantitative estimate of drug-likeness (QED) is 0.894. The van der Waals surface area contributed by atoms with Gasteiger partial charge in [0.25, 0.3) is 0 Å². The van der Waals surface area contributed by atoms with Crippen LogP contribution in [-0.2, 0) is 10.3 Å². The molecule has 1 fully saturated rings. The van der Waals surface area contributed by atoms with Crippen LogP contribution in [0.1, 0.15) is 31.7 Å². The van der Waals surface area contributed by atoms with Crippen molar-refractivity contribution in [2.45, 2.75) is 37.9 Å². The van der Waals surface area contributed by atoms with Crippen LogP contribution in [0.3, 0.4) is 0 Å². The van der Waals surface area contributed by atoms with Gasteiger partial charge in [0.1, 0.15) is 0 Å². The maximum absolute atomic E-state index is 11.0. The fourth-order valence-electron chi connectivity index (χ4n) is 2.80. The van der Waals surface area contributed by atoms with Crippen molar-refractivity contribution >= 4 is 21.4 Å². The predicted octanol–water partition coefficient (Wildman–Crippen LogP) is 3.68. The van der Waals surface area contributed by atoms with E-state index in [4.69, 9.17) is 4.74 Å². The van der Waals surface area contributed by atoms with E-state index in [0.717, 1.165) is 12.0 Å². The van der Waals surface area contributed by atoms with Gasteiger partial charge in [0.05, 0.1) is 18.3 Å². The highest BCUT2D eigenvalue weighted by atomic mass is 32.1. The van der Waals surface area contributed by atoms with Crippen molar-refractivity contribution in [2.75, 3.05) is 6.61 Å². The molecule has 0 radical (unpaired) electrons. The van der Waals surface area contributed by atoms with Crippen molar-refractivity contribution in [2.24, 2.45) is 0 Å². The first-order chi connectivity index (χ1) is 8.73. The highest BCUT2D eigenvalue weighted by Gasteiger charge is 2.37. The van der Waals surface area contributed by atoms with Gasteiger partial charge in [-0.05, 0) is 23.3 Å². The molecule has 1 N–H and O–H groups in total. The molecule has 0 bridgehead atoms. The summed E-state index contributed by atoms with van der Waals surface area (Å²) in [5.41, 5.74) is 0.361. The molecule has 1 saturated heterocycles. The van der Waals surface area contributed by atoms with Crippen molar-refractivity contribution in [3.63, 3.8) is 0 Å². The van der Waals surface area contributed by atoms with Crippen molar-refractivity contribution < 1.29 is 9.84 Å². The monoisotopic (exact) mass is 262 g/mol. The average Bonchev–Trinajstić information content (AvgIpc) is 2.86. The number of fused-ring (bicyclic) bond motifs is 1. The number of ether oxygens (including phenoxy) is 1. The average molecular weight is 262 g/mol. The standard InChI is InChI=1S/C15H18O2S/c1-2-12-10-15(16,7-8-17-12)13-5-3-4-11-6-9-18-14(11)13/h3-6,9,12,16H,2,7-8,10H2,1H3. The molecular formula is C15H18O2S. The second-order valence-electron chi connectivity index (χ2n) is 5.03. The molecule has 1 aliphatic heterocycles. The van der Waals surface area contributed by atoms with Gasteiger partial charge < -0.3 is 9.84 Å². The Hall–Kier alpha value is -0.900. The van der Waals surface area contributed by atoms with Gasteiger partial charge in [-0.2, -0.15) is 0 Å². The Morgan fingerprint density at radius 2 is 2.33 bits per heavy atom. The molecule has 2 aromatic rings. The summed E-state index contributed by atoms with van der Waals surface area (Å²) in [6.45, 7) is 2.76. The summed E-state index contributed by atoms with van der Waals surface area (Å²) in [4.78, 5) is 0. The Labute approximate surface area is 111 Å². The van der Waals surface area contributed by atoms with Gasteiger partial charge in [-0.15, -0.1) is 11.3 Å². The molecule has 1 aromatic heterocycles. The molecule has 18 heavy (non-hydrogen) atoms. The third-order valence-corrected chi connectivity index (χ3v) is 4.83. The molecule has 0 saturated carbocycles. The van der Waals surface area contributed by atoms with E-state index < -0.39 is 5.60 Å². The SMILES string of the molecule is CCC1CC(O)(c2cccc3ccsc23)CCO1. The molecular weight excluding hydrogens is 244 g/mol. The lowest BCUT2D eigenvalue weighted by Gasteiger charge is -2.37. The lowest BCUT2D eigenvalue weighted by Crippen LogP contribution is -2.38. The van der Waals surface area contributed by atoms with Crippen LogP contribution in [0.25, 0.3) is 10.1 Å². The van der Waals surface area contributed by atoms with Crippen LogP contribution < -0.4 is 0 Å². The lowest BCUT2D eigenvalue weighted by atomic mass is 9.83. The van der Waals surface area contributed by atoms with Crippen molar-refractivity contribution in [1.82, 2.24) is 0 Å². The molecule has 0 spiro atoms. The van der Waals surface area contributed by atoms with Crippen LogP contribution in [0.5, 0.6) is 0 Å². The summed E-state index contributed by atoms with van der Waals surface area (Å²) < 4.78 is 6.90. The van der Waals surface area contributed by atoms with E-state index in [1.807, 2.05) is 6.07 Å².